The van der Waals surface area contributed by atoms with Crippen molar-refractivity contribution in [2.45, 2.75) is 6.61 Å². The third-order valence-electron chi connectivity index (χ3n) is 1.02. The molecule has 0 atom stereocenters. The minimum atomic E-state index is -2.81. The average molecular weight is 350 g/mol. The lowest BCUT2D eigenvalue weighted by atomic mass is 10.5. The molecule has 0 saturated heterocycles. The van der Waals surface area contributed by atoms with Crippen LogP contribution >= 0.6 is 38.5 Å². The number of hydrogen-bond donors (Lipinski definition) is 0. The van der Waals surface area contributed by atoms with Crippen LogP contribution in [0.4, 0.5) is 8.78 Å². The first-order valence-corrected chi connectivity index (χ1v) is 4.72. The van der Waals surface area contributed by atoms with Gasteiger partial charge in [0.2, 0.25) is 0 Å². The fraction of sp³-hybridized carbons (Fsp3) is 0.167. The summed E-state index contributed by atoms with van der Waals surface area (Å²) < 4.78 is 28.9. The zero-order valence-electron chi connectivity index (χ0n) is 5.60. The second-order valence-corrected chi connectivity index (χ2v) is 3.75. The highest BCUT2D eigenvalue weighted by molar-refractivity contribution is 14.1. The molecule has 0 fully saturated rings. The van der Waals surface area contributed by atoms with Crippen molar-refractivity contribution in [3.05, 3.63) is 20.4 Å². The Morgan fingerprint density at radius 3 is 2.75 bits per heavy atom. The lowest BCUT2D eigenvalue weighted by Gasteiger charge is -2.06. The summed E-state index contributed by atoms with van der Waals surface area (Å²) in [4.78, 5) is 3.69. The summed E-state index contributed by atoms with van der Waals surface area (Å²) in [7, 11) is 0. The molecule has 0 aromatic carbocycles. The van der Waals surface area contributed by atoms with E-state index in [-0.39, 0.29) is 5.75 Å². The van der Waals surface area contributed by atoms with Crippen molar-refractivity contribution in [2.75, 3.05) is 0 Å². The van der Waals surface area contributed by atoms with E-state index < -0.39 is 6.61 Å². The largest absolute Gasteiger partial charge is 0.432 e. The summed E-state index contributed by atoms with van der Waals surface area (Å²) in [5, 5.41) is 0. The van der Waals surface area contributed by atoms with Crippen molar-refractivity contribution in [2.24, 2.45) is 0 Å². The van der Waals surface area contributed by atoms with Crippen molar-refractivity contribution in [1.29, 1.82) is 0 Å². The van der Waals surface area contributed by atoms with Crippen LogP contribution in [0.25, 0.3) is 0 Å². The number of ether oxygens (including phenoxy) is 1. The van der Waals surface area contributed by atoms with Crippen LogP contribution in [0, 0.1) is 3.57 Å². The second-order valence-electron chi connectivity index (χ2n) is 1.81. The predicted molar refractivity (Wildman–Crippen MR) is 51.3 cm³/mol. The first-order valence-electron chi connectivity index (χ1n) is 2.85. The molecule has 1 aromatic heterocycles. The molecule has 0 N–H and O–H groups in total. The highest BCUT2D eigenvalue weighted by atomic mass is 127. The predicted octanol–water partition coefficient (Wildman–Crippen LogP) is 3.05. The summed E-state index contributed by atoms with van der Waals surface area (Å²) >= 11 is 5.03. The van der Waals surface area contributed by atoms with E-state index in [1.54, 1.807) is 0 Å². The molecule has 1 heterocycles. The Morgan fingerprint density at radius 2 is 2.17 bits per heavy atom. The maximum absolute atomic E-state index is 11.8. The lowest BCUT2D eigenvalue weighted by Crippen LogP contribution is -2.03. The maximum Gasteiger partial charge on any atom is 0.387 e. The smallest absolute Gasteiger partial charge is 0.387 e. The van der Waals surface area contributed by atoms with Gasteiger partial charge >= 0.3 is 6.61 Å². The minimum absolute atomic E-state index is 0.0833. The molecule has 0 radical (unpaired) electrons. The molecule has 6 heteroatoms. The van der Waals surface area contributed by atoms with Crippen LogP contribution in [0.15, 0.2) is 16.9 Å². The Morgan fingerprint density at radius 1 is 1.50 bits per heavy atom. The van der Waals surface area contributed by atoms with Gasteiger partial charge in [0.1, 0.15) is 0 Å². The lowest BCUT2D eigenvalue weighted by molar-refractivity contribution is -0.0507. The van der Waals surface area contributed by atoms with Crippen molar-refractivity contribution < 1.29 is 13.5 Å². The Labute approximate surface area is 89.6 Å². The molecule has 0 aliphatic rings. The topological polar surface area (TPSA) is 22.1 Å². The van der Waals surface area contributed by atoms with Gasteiger partial charge in [-0.15, -0.1) is 0 Å². The third kappa shape index (κ3) is 2.51. The highest BCUT2D eigenvalue weighted by Crippen LogP contribution is 2.27. The Balaban J connectivity index is 2.92. The SMILES string of the molecule is FC(F)Oc1cncc(Br)c1I. The van der Waals surface area contributed by atoms with E-state index in [9.17, 15) is 8.78 Å². The molecule has 0 aliphatic carbocycles. The fourth-order valence-electron chi connectivity index (χ4n) is 0.580. The van der Waals surface area contributed by atoms with Crippen LogP contribution in [0.2, 0.25) is 0 Å². The number of nitrogens with zero attached hydrogens (tertiary/aromatic N) is 1. The summed E-state index contributed by atoms with van der Waals surface area (Å²) in [5.74, 6) is 0.0833. The Hall–Kier alpha value is 0.0200. The van der Waals surface area contributed by atoms with E-state index in [0.29, 0.717) is 8.04 Å². The van der Waals surface area contributed by atoms with E-state index >= 15 is 0 Å². The first kappa shape index (κ1) is 10.1. The van der Waals surface area contributed by atoms with Crippen molar-refractivity contribution in [3.63, 3.8) is 0 Å². The molecule has 0 spiro atoms. The van der Waals surface area contributed by atoms with Gasteiger partial charge < -0.3 is 4.74 Å². The molecule has 0 aliphatic heterocycles. The summed E-state index contributed by atoms with van der Waals surface area (Å²) in [6, 6.07) is 0. The van der Waals surface area contributed by atoms with Crippen LogP contribution in [0.5, 0.6) is 5.75 Å². The Kier molecular flexibility index (Phi) is 3.63. The minimum Gasteiger partial charge on any atom is -0.432 e. The molecule has 1 aromatic rings. The third-order valence-corrected chi connectivity index (χ3v) is 3.48. The standard InChI is InChI=1S/C6H3BrF2INO/c7-3-1-11-2-4(5(3)10)12-6(8)9/h1-2,6H. The van der Waals surface area contributed by atoms with Crippen molar-refractivity contribution >= 4 is 38.5 Å². The summed E-state index contributed by atoms with van der Waals surface area (Å²) in [6.07, 6.45) is 2.76. The summed E-state index contributed by atoms with van der Waals surface area (Å²) in [5.41, 5.74) is 0. The molecule has 0 amide bonds. The van der Waals surface area contributed by atoms with Gasteiger partial charge in [0.15, 0.2) is 5.75 Å². The van der Waals surface area contributed by atoms with Crippen LogP contribution in [-0.4, -0.2) is 11.6 Å². The zero-order chi connectivity index (χ0) is 9.14. The quantitative estimate of drug-likeness (QED) is 0.766. The highest BCUT2D eigenvalue weighted by Gasteiger charge is 2.09. The zero-order valence-corrected chi connectivity index (χ0v) is 9.34. The van der Waals surface area contributed by atoms with E-state index in [1.165, 1.54) is 12.4 Å². The summed E-state index contributed by atoms with van der Waals surface area (Å²) in [6.45, 7) is -2.81. The molecule has 0 unspecified atom stereocenters. The van der Waals surface area contributed by atoms with Crippen LogP contribution in [0.3, 0.4) is 0 Å². The van der Waals surface area contributed by atoms with Gasteiger partial charge in [-0.05, 0) is 38.5 Å². The molecule has 2 nitrogen and oxygen atoms in total. The van der Waals surface area contributed by atoms with E-state index in [2.05, 4.69) is 25.7 Å². The van der Waals surface area contributed by atoms with Gasteiger partial charge in [-0.2, -0.15) is 8.78 Å². The van der Waals surface area contributed by atoms with Gasteiger partial charge in [-0.1, -0.05) is 0 Å². The molecule has 0 bridgehead atoms. The van der Waals surface area contributed by atoms with E-state index in [4.69, 9.17) is 0 Å². The average Bonchev–Trinajstić information content (AvgIpc) is 1.98. The van der Waals surface area contributed by atoms with Gasteiger partial charge in [-0.25, -0.2) is 0 Å². The number of alkyl halides is 2. The van der Waals surface area contributed by atoms with Crippen molar-refractivity contribution in [3.8, 4) is 5.75 Å². The van der Waals surface area contributed by atoms with Crippen LogP contribution in [0.1, 0.15) is 0 Å². The maximum atomic E-state index is 11.8. The van der Waals surface area contributed by atoms with Gasteiger partial charge in [0.05, 0.1) is 14.2 Å². The van der Waals surface area contributed by atoms with Crippen molar-refractivity contribution in [1.82, 2.24) is 4.98 Å². The second kappa shape index (κ2) is 4.31. The number of hydrogen-bond acceptors (Lipinski definition) is 2. The monoisotopic (exact) mass is 349 g/mol. The van der Waals surface area contributed by atoms with Gasteiger partial charge in [-0.3, -0.25) is 4.98 Å². The van der Waals surface area contributed by atoms with E-state index in [0.717, 1.165) is 0 Å². The number of rotatable bonds is 2. The van der Waals surface area contributed by atoms with E-state index in [1.807, 2.05) is 22.6 Å². The first-order chi connectivity index (χ1) is 5.61. The molecule has 0 saturated carbocycles. The number of halogens is 4. The van der Waals surface area contributed by atoms with Crippen LogP contribution < -0.4 is 4.74 Å². The molecular weight excluding hydrogens is 347 g/mol. The fourth-order valence-corrected chi connectivity index (χ4v) is 1.30. The molecule has 66 valence electrons. The molecular formula is C6H3BrF2INO. The van der Waals surface area contributed by atoms with Gasteiger partial charge in [0.25, 0.3) is 0 Å². The number of pyridine rings is 1. The molecule has 1 rings (SSSR count). The normalized spacial score (nSPS) is 10.4. The Bertz CT molecular complexity index is 284. The van der Waals surface area contributed by atoms with Crippen LogP contribution in [-0.2, 0) is 0 Å². The number of aromatic nitrogens is 1. The van der Waals surface area contributed by atoms with Gasteiger partial charge in [0, 0.05) is 6.20 Å². The molecule has 12 heavy (non-hydrogen) atoms.